The number of hydrogen-bond donors (Lipinski definition) is 1. The van der Waals surface area contributed by atoms with Gasteiger partial charge in [-0.2, -0.15) is 0 Å². The Hall–Kier alpha value is -3.84. The quantitative estimate of drug-likeness (QED) is 0.292. The number of nitrogens with zero attached hydrogens (tertiary/aromatic N) is 3. The Kier molecular flexibility index (Phi) is 6.90. The summed E-state index contributed by atoms with van der Waals surface area (Å²) in [6.45, 7) is 3.25. The van der Waals surface area contributed by atoms with Gasteiger partial charge in [-0.05, 0) is 26.0 Å². The number of ketones is 1. The molecule has 1 N–H and O–H groups in total. The van der Waals surface area contributed by atoms with Crippen molar-refractivity contribution in [2.24, 2.45) is 0 Å². The average Bonchev–Trinajstić information content (AvgIpc) is 2.85. The van der Waals surface area contributed by atoms with Gasteiger partial charge in [0.25, 0.3) is 0 Å². The van der Waals surface area contributed by atoms with E-state index in [9.17, 15) is 9.59 Å². The molecular formula is C26H22N4O2S. The van der Waals surface area contributed by atoms with Gasteiger partial charge in [0, 0.05) is 16.7 Å². The molecule has 3 aromatic carbocycles. The van der Waals surface area contributed by atoms with Crippen molar-refractivity contribution in [2.75, 3.05) is 5.32 Å². The van der Waals surface area contributed by atoms with Crippen LogP contribution in [0.25, 0.3) is 22.5 Å². The van der Waals surface area contributed by atoms with Crippen LogP contribution < -0.4 is 5.32 Å². The average molecular weight is 455 g/mol. The van der Waals surface area contributed by atoms with Crippen LogP contribution in [0.3, 0.4) is 0 Å². The standard InChI is InChI=1S/C26H22N4O2S/c1-17(31)21-15-9-10-16-22(21)27-25(32)18(2)33-26-28-23(19-11-5-3-6-12-19)24(29-30-26)20-13-7-4-8-14-20/h3-16,18H,1-2H3,(H,27,32). The zero-order valence-electron chi connectivity index (χ0n) is 18.2. The summed E-state index contributed by atoms with van der Waals surface area (Å²) >= 11 is 1.22. The third kappa shape index (κ3) is 5.32. The van der Waals surface area contributed by atoms with Crippen LogP contribution in [0.2, 0.25) is 0 Å². The van der Waals surface area contributed by atoms with E-state index in [4.69, 9.17) is 4.98 Å². The lowest BCUT2D eigenvalue weighted by Gasteiger charge is -2.14. The number of nitrogens with one attached hydrogen (secondary N) is 1. The van der Waals surface area contributed by atoms with Gasteiger partial charge in [0.05, 0.1) is 10.9 Å². The van der Waals surface area contributed by atoms with Gasteiger partial charge in [0.1, 0.15) is 11.4 Å². The Balaban J connectivity index is 1.60. The first-order valence-corrected chi connectivity index (χ1v) is 11.3. The second kappa shape index (κ2) is 10.2. The fraction of sp³-hybridized carbons (Fsp3) is 0.115. The van der Waals surface area contributed by atoms with E-state index in [1.54, 1.807) is 31.2 Å². The molecule has 7 heteroatoms. The topological polar surface area (TPSA) is 84.8 Å². The Labute approximate surface area is 196 Å². The lowest BCUT2D eigenvalue weighted by atomic mass is 10.0. The molecule has 33 heavy (non-hydrogen) atoms. The molecule has 6 nitrogen and oxygen atoms in total. The number of thioether (sulfide) groups is 1. The minimum Gasteiger partial charge on any atom is -0.324 e. The van der Waals surface area contributed by atoms with Crippen molar-refractivity contribution in [3.63, 3.8) is 0 Å². The number of aromatic nitrogens is 3. The first-order valence-electron chi connectivity index (χ1n) is 10.5. The third-order valence-electron chi connectivity index (χ3n) is 4.98. The monoisotopic (exact) mass is 454 g/mol. The molecular weight excluding hydrogens is 432 g/mol. The summed E-state index contributed by atoms with van der Waals surface area (Å²) in [5.41, 5.74) is 4.18. The summed E-state index contributed by atoms with van der Waals surface area (Å²) in [7, 11) is 0. The molecule has 0 fully saturated rings. The molecule has 4 aromatic rings. The number of hydrogen-bond acceptors (Lipinski definition) is 6. The van der Waals surface area contributed by atoms with Gasteiger partial charge < -0.3 is 5.32 Å². The number of benzene rings is 3. The molecule has 0 aliphatic carbocycles. The fourth-order valence-corrected chi connectivity index (χ4v) is 4.01. The number of Topliss-reactive ketones (excluding diaryl/α,β-unsaturated/α-hetero) is 1. The predicted octanol–water partition coefficient (Wildman–Crippen LogP) is 5.53. The highest BCUT2D eigenvalue weighted by molar-refractivity contribution is 8.00. The minimum atomic E-state index is -0.502. The number of rotatable bonds is 7. The predicted molar refractivity (Wildman–Crippen MR) is 131 cm³/mol. The number of para-hydroxylation sites is 1. The van der Waals surface area contributed by atoms with Crippen LogP contribution in [0.1, 0.15) is 24.2 Å². The van der Waals surface area contributed by atoms with Crippen molar-refractivity contribution in [2.45, 2.75) is 24.3 Å². The molecule has 0 radical (unpaired) electrons. The van der Waals surface area contributed by atoms with Crippen LogP contribution in [0.15, 0.2) is 90.1 Å². The van der Waals surface area contributed by atoms with Crippen molar-refractivity contribution < 1.29 is 9.59 Å². The minimum absolute atomic E-state index is 0.109. The van der Waals surface area contributed by atoms with Crippen LogP contribution in [0, 0.1) is 0 Å². The van der Waals surface area contributed by atoms with Gasteiger partial charge in [-0.1, -0.05) is 84.6 Å². The van der Waals surface area contributed by atoms with Gasteiger partial charge in [-0.25, -0.2) is 4.98 Å². The second-order valence-corrected chi connectivity index (χ2v) is 8.68. The van der Waals surface area contributed by atoms with Crippen molar-refractivity contribution in [3.05, 3.63) is 90.5 Å². The highest BCUT2D eigenvalue weighted by Crippen LogP contribution is 2.31. The van der Waals surface area contributed by atoms with Crippen molar-refractivity contribution in [1.82, 2.24) is 15.2 Å². The zero-order chi connectivity index (χ0) is 23.2. The lowest BCUT2D eigenvalue weighted by molar-refractivity contribution is -0.115. The summed E-state index contributed by atoms with van der Waals surface area (Å²) in [6, 6.07) is 26.5. The van der Waals surface area contributed by atoms with Gasteiger partial charge in [0.2, 0.25) is 11.1 Å². The van der Waals surface area contributed by atoms with E-state index in [-0.39, 0.29) is 11.7 Å². The van der Waals surface area contributed by atoms with E-state index in [2.05, 4.69) is 15.5 Å². The van der Waals surface area contributed by atoms with Gasteiger partial charge >= 0.3 is 0 Å². The second-order valence-electron chi connectivity index (χ2n) is 7.37. The molecule has 1 atom stereocenters. The fourth-order valence-electron chi connectivity index (χ4n) is 3.29. The maximum absolute atomic E-state index is 12.8. The van der Waals surface area contributed by atoms with E-state index in [0.29, 0.717) is 27.8 Å². The Morgan fingerprint density at radius 3 is 2.00 bits per heavy atom. The summed E-state index contributed by atoms with van der Waals surface area (Å²) in [5.74, 6) is -0.353. The molecule has 0 saturated heterocycles. The molecule has 1 amide bonds. The number of carbonyl (C=O) groups is 2. The van der Waals surface area contributed by atoms with Crippen molar-refractivity contribution in [1.29, 1.82) is 0 Å². The Bertz CT molecular complexity index is 1280. The maximum atomic E-state index is 12.8. The zero-order valence-corrected chi connectivity index (χ0v) is 19.0. The highest BCUT2D eigenvalue weighted by atomic mass is 32.2. The summed E-state index contributed by atoms with van der Waals surface area (Å²) in [4.78, 5) is 29.4. The van der Waals surface area contributed by atoms with E-state index in [1.165, 1.54) is 18.7 Å². The van der Waals surface area contributed by atoms with E-state index >= 15 is 0 Å². The van der Waals surface area contributed by atoms with Gasteiger partial charge in [-0.3, -0.25) is 9.59 Å². The Morgan fingerprint density at radius 1 is 0.788 bits per heavy atom. The number of anilines is 1. The first-order chi connectivity index (χ1) is 16.0. The number of amides is 1. The van der Waals surface area contributed by atoms with E-state index < -0.39 is 5.25 Å². The van der Waals surface area contributed by atoms with Crippen molar-refractivity contribution >= 4 is 29.1 Å². The molecule has 4 rings (SSSR count). The molecule has 0 aliphatic heterocycles. The molecule has 0 spiro atoms. The SMILES string of the molecule is CC(=O)c1ccccc1NC(=O)C(C)Sc1nnc(-c2ccccc2)c(-c2ccccc2)n1. The van der Waals surface area contributed by atoms with Crippen LogP contribution in [-0.4, -0.2) is 32.1 Å². The molecule has 164 valence electrons. The van der Waals surface area contributed by atoms with Gasteiger partial charge in [-0.15, -0.1) is 10.2 Å². The normalized spacial score (nSPS) is 11.6. The van der Waals surface area contributed by atoms with Crippen LogP contribution in [-0.2, 0) is 4.79 Å². The first kappa shape index (κ1) is 22.4. The van der Waals surface area contributed by atoms with Gasteiger partial charge in [0.15, 0.2) is 5.78 Å². The van der Waals surface area contributed by atoms with Crippen LogP contribution >= 0.6 is 11.8 Å². The lowest BCUT2D eigenvalue weighted by Crippen LogP contribution is -2.23. The van der Waals surface area contributed by atoms with Crippen LogP contribution in [0.4, 0.5) is 5.69 Å². The van der Waals surface area contributed by atoms with Crippen molar-refractivity contribution in [3.8, 4) is 22.5 Å². The van der Waals surface area contributed by atoms with Crippen LogP contribution in [0.5, 0.6) is 0 Å². The third-order valence-corrected chi connectivity index (χ3v) is 5.93. The Morgan fingerprint density at radius 2 is 1.36 bits per heavy atom. The highest BCUT2D eigenvalue weighted by Gasteiger charge is 2.20. The largest absolute Gasteiger partial charge is 0.324 e. The molecule has 0 aliphatic rings. The van der Waals surface area contributed by atoms with E-state index in [1.807, 2.05) is 60.7 Å². The molecule has 0 saturated carbocycles. The maximum Gasteiger partial charge on any atom is 0.237 e. The molecule has 1 unspecified atom stereocenters. The summed E-state index contributed by atoms with van der Waals surface area (Å²) in [5, 5.41) is 11.5. The summed E-state index contributed by atoms with van der Waals surface area (Å²) in [6.07, 6.45) is 0. The van der Waals surface area contributed by atoms with E-state index in [0.717, 1.165) is 11.1 Å². The number of carbonyl (C=O) groups excluding carboxylic acids is 2. The summed E-state index contributed by atoms with van der Waals surface area (Å²) < 4.78 is 0. The molecule has 0 bridgehead atoms. The molecule has 1 aromatic heterocycles. The molecule has 1 heterocycles. The smallest absolute Gasteiger partial charge is 0.237 e.